The van der Waals surface area contributed by atoms with Gasteiger partial charge in [-0.05, 0) is 41.8 Å². The molecule has 2 N–H and O–H groups in total. The molecule has 1 aliphatic rings. The number of rotatable bonds is 5. The molecule has 7 heteroatoms. The Morgan fingerprint density at radius 3 is 2.10 bits per heavy atom. The number of aryl methyl sites for hydroxylation is 1. The van der Waals surface area contributed by atoms with E-state index in [1.54, 1.807) is 30.3 Å². The van der Waals surface area contributed by atoms with Crippen LogP contribution in [0.2, 0.25) is 0 Å². The first kappa shape index (κ1) is 20.8. The number of nitrogens with zero attached hydrogens (tertiary/aromatic N) is 1. The SMILES string of the molecule is Cc1cc(Br)ccc1NC(=O)CN1C(=O)NC(c2ccccc2)(c2ccccc2)C1=O. The molecule has 0 atom stereocenters. The zero-order valence-electron chi connectivity index (χ0n) is 16.8. The topological polar surface area (TPSA) is 78.5 Å². The van der Waals surface area contributed by atoms with E-state index in [2.05, 4.69) is 26.6 Å². The van der Waals surface area contributed by atoms with Gasteiger partial charge >= 0.3 is 6.03 Å². The fourth-order valence-electron chi connectivity index (χ4n) is 3.75. The van der Waals surface area contributed by atoms with Crippen LogP contribution in [0.4, 0.5) is 10.5 Å². The van der Waals surface area contributed by atoms with Crippen LogP contribution in [0.25, 0.3) is 0 Å². The van der Waals surface area contributed by atoms with Gasteiger partial charge in [0.05, 0.1) is 0 Å². The summed E-state index contributed by atoms with van der Waals surface area (Å²) in [6, 6.07) is 22.9. The average molecular weight is 478 g/mol. The van der Waals surface area contributed by atoms with Gasteiger partial charge in [0, 0.05) is 10.2 Å². The van der Waals surface area contributed by atoms with E-state index in [-0.39, 0.29) is 6.54 Å². The van der Waals surface area contributed by atoms with Gasteiger partial charge < -0.3 is 10.6 Å². The highest BCUT2D eigenvalue weighted by atomic mass is 79.9. The van der Waals surface area contributed by atoms with Crippen molar-refractivity contribution in [3.8, 4) is 0 Å². The summed E-state index contributed by atoms with van der Waals surface area (Å²) in [5.41, 5.74) is 1.37. The number of urea groups is 1. The van der Waals surface area contributed by atoms with Gasteiger partial charge in [0.1, 0.15) is 6.54 Å². The number of carbonyl (C=O) groups is 3. The summed E-state index contributed by atoms with van der Waals surface area (Å²) in [5.74, 6) is -0.941. The van der Waals surface area contributed by atoms with Crippen molar-refractivity contribution in [1.82, 2.24) is 10.2 Å². The van der Waals surface area contributed by atoms with Crippen LogP contribution < -0.4 is 10.6 Å². The lowest BCUT2D eigenvalue weighted by Gasteiger charge is -2.28. The molecule has 3 aromatic rings. The van der Waals surface area contributed by atoms with E-state index in [0.29, 0.717) is 16.8 Å². The smallest absolute Gasteiger partial charge is 0.324 e. The minimum atomic E-state index is -1.38. The standard InChI is InChI=1S/C24H20BrN3O3/c1-16-14-19(25)12-13-20(16)26-21(29)15-28-22(30)24(27-23(28)31,17-8-4-2-5-9-17)18-10-6-3-7-11-18/h2-14H,15H2,1H3,(H,26,29)(H,27,31). The fraction of sp³-hybridized carbons (Fsp3) is 0.125. The molecule has 4 rings (SSSR count). The van der Waals surface area contributed by atoms with Crippen LogP contribution in [0.3, 0.4) is 0 Å². The third-order valence-electron chi connectivity index (χ3n) is 5.28. The number of carbonyl (C=O) groups excluding carboxylic acids is 3. The number of nitrogens with one attached hydrogen (secondary N) is 2. The third-order valence-corrected chi connectivity index (χ3v) is 5.78. The van der Waals surface area contributed by atoms with Gasteiger partial charge in [0.15, 0.2) is 5.54 Å². The Morgan fingerprint density at radius 2 is 1.55 bits per heavy atom. The second-order valence-corrected chi connectivity index (χ2v) is 8.23. The summed E-state index contributed by atoms with van der Waals surface area (Å²) in [4.78, 5) is 40.1. The maximum Gasteiger partial charge on any atom is 0.326 e. The maximum atomic E-state index is 13.6. The second kappa shape index (κ2) is 8.35. The lowest BCUT2D eigenvalue weighted by Crippen LogP contribution is -2.45. The number of hydrogen-bond acceptors (Lipinski definition) is 3. The molecular weight excluding hydrogens is 458 g/mol. The normalized spacial score (nSPS) is 15.0. The molecule has 0 aliphatic carbocycles. The fourth-order valence-corrected chi connectivity index (χ4v) is 4.23. The predicted molar refractivity (Wildman–Crippen MR) is 121 cm³/mol. The van der Waals surface area contributed by atoms with Gasteiger partial charge in [-0.3, -0.25) is 14.5 Å². The molecule has 1 saturated heterocycles. The van der Waals surface area contributed by atoms with Crippen molar-refractivity contribution in [3.63, 3.8) is 0 Å². The van der Waals surface area contributed by atoms with Crippen LogP contribution in [0.5, 0.6) is 0 Å². The molecule has 1 heterocycles. The number of halogens is 1. The van der Waals surface area contributed by atoms with Crippen molar-refractivity contribution in [2.75, 3.05) is 11.9 Å². The van der Waals surface area contributed by atoms with E-state index < -0.39 is 23.4 Å². The van der Waals surface area contributed by atoms with Crippen molar-refractivity contribution >= 4 is 39.5 Å². The molecule has 0 unspecified atom stereocenters. The van der Waals surface area contributed by atoms with Gasteiger partial charge in [-0.1, -0.05) is 76.6 Å². The maximum absolute atomic E-state index is 13.6. The highest BCUT2D eigenvalue weighted by Gasteiger charge is 2.54. The molecule has 1 fully saturated rings. The quantitative estimate of drug-likeness (QED) is 0.540. The summed E-state index contributed by atoms with van der Waals surface area (Å²) in [5, 5.41) is 5.62. The molecule has 0 aromatic heterocycles. The molecule has 0 spiro atoms. The van der Waals surface area contributed by atoms with Crippen molar-refractivity contribution < 1.29 is 14.4 Å². The Kier molecular flexibility index (Phi) is 5.61. The van der Waals surface area contributed by atoms with Crippen LogP contribution in [0.1, 0.15) is 16.7 Å². The zero-order valence-corrected chi connectivity index (χ0v) is 18.3. The summed E-state index contributed by atoms with van der Waals surface area (Å²) in [7, 11) is 0. The monoisotopic (exact) mass is 477 g/mol. The van der Waals surface area contributed by atoms with Gasteiger partial charge in [-0.25, -0.2) is 4.79 Å². The van der Waals surface area contributed by atoms with Crippen molar-refractivity contribution in [1.29, 1.82) is 0 Å². The van der Waals surface area contributed by atoms with Crippen molar-refractivity contribution in [2.45, 2.75) is 12.5 Å². The average Bonchev–Trinajstić information content (AvgIpc) is 3.02. The van der Waals surface area contributed by atoms with Gasteiger partial charge in [0.25, 0.3) is 5.91 Å². The number of benzene rings is 3. The van der Waals surface area contributed by atoms with E-state index in [0.717, 1.165) is 14.9 Å². The Labute approximate surface area is 188 Å². The summed E-state index contributed by atoms with van der Waals surface area (Å²) < 4.78 is 0.896. The Hall–Kier alpha value is -3.45. The van der Waals surface area contributed by atoms with E-state index in [4.69, 9.17) is 0 Å². The second-order valence-electron chi connectivity index (χ2n) is 7.31. The summed E-state index contributed by atoms with van der Waals surface area (Å²) in [6.07, 6.45) is 0. The highest BCUT2D eigenvalue weighted by Crippen LogP contribution is 2.36. The van der Waals surface area contributed by atoms with Gasteiger partial charge in [-0.15, -0.1) is 0 Å². The van der Waals surface area contributed by atoms with Gasteiger partial charge in [-0.2, -0.15) is 0 Å². The Balaban J connectivity index is 1.64. The molecule has 0 bridgehead atoms. The molecule has 4 amide bonds. The minimum Gasteiger partial charge on any atom is -0.324 e. The largest absolute Gasteiger partial charge is 0.326 e. The predicted octanol–water partition coefficient (Wildman–Crippen LogP) is 4.19. The molecule has 0 radical (unpaired) electrons. The first-order valence-corrected chi connectivity index (χ1v) is 10.5. The van der Waals surface area contributed by atoms with Crippen molar-refractivity contribution in [3.05, 3.63) is 100 Å². The molecule has 6 nitrogen and oxygen atoms in total. The van der Waals surface area contributed by atoms with Crippen LogP contribution in [-0.2, 0) is 15.1 Å². The lowest BCUT2D eigenvalue weighted by molar-refractivity contribution is -0.133. The molecular formula is C24H20BrN3O3. The summed E-state index contributed by atoms with van der Waals surface area (Å²) >= 11 is 3.39. The Bertz CT molecular complexity index is 1110. The van der Waals surface area contributed by atoms with E-state index >= 15 is 0 Å². The van der Waals surface area contributed by atoms with E-state index in [9.17, 15) is 14.4 Å². The van der Waals surface area contributed by atoms with Crippen LogP contribution in [-0.4, -0.2) is 29.3 Å². The van der Waals surface area contributed by atoms with Gasteiger partial charge in [0.2, 0.25) is 5.91 Å². The number of hydrogen-bond donors (Lipinski definition) is 2. The lowest BCUT2D eigenvalue weighted by atomic mass is 9.82. The van der Waals surface area contributed by atoms with Crippen molar-refractivity contribution in [2.24, 2.45) is 0 Å². The molecule has 3 aromatic carbocycles. The Morgan fingerprint density at radius 1 is 0.968 bits per heavy atom. The molecule has 31 heavy (non-hydrogen) atoms. The third kappa shape index (κ3) is 3.84. The number of anilines is 1. The first-order valence-electron chi connectivity index (χ1n) is 9.73. The molecule has 156 valence electrons. The zero-order chi connectivity index (χ0) is 22.0. The molecule has 1 aliphatic heterocycles. The number of amides is 4. The number of imide groups is 1. The molecule has 0 saturated carbocycles. The van der Waals surface area contributed by atoms with Crippen LogP contribution >= 0.6 is 15.9 Å². The first-order chi connectivity index (χ1) is 14.9. The minimum absolute atomic E-state index is 0.387. The summed E-state index contributed by atoms with van der Waals surface area (Å²) in [6.45, 7) is 1.48. The van der Waals surface area contributed by atoms with Crippen LogP contribution in [0.15, 0.2) is 83.3 Å². The van der Waals surface area contributed by atoms with E-state index in [1.165, 1.54) is 0 Å². The highest BCUT2D eigenvalue weighted by molar-refractivity contribution is 9.10. The van der Waals surface area contributed by atoms with Crippen LogP contribution in [0, 0.1) is 6.92 Å². The van der Waals surface area contributed by atoms with E-state index in [1.807, 2.05) is 55.5 Å².